The Morgan fingerprint density at radius 2 is 1.75 bits per heavy atom. The molecule has 1 aliphatic heterocycles. The average molecular weight is 523 g/mol. The second-order valence-electron chi connectivity index (χ2n) is 8.08. The average Bonchev–Trinajstić information content (AvgIpc) is 2.85. The van der Waals surface area contributed by atoms with Gasteiger partial charge in [-0.25, -0.2) is 18.4 Å². The summed E-state index contributed by atoms with van der Waals surface area (Å²) in [6, 6.07) is 8.51. The number of alkyl halides is 3. The van der Waals surface area contributed by atoms with Crippen molar-refractivity contribution in [3.63, 3.8) is 0 Å². The number of rotatable bonds is 6. The number of piperidine rings is 1. The first-order chi connectivity index (χ1) is 16.9. The van der Waals surface area contributed by atoms with Crippen LogP contribution in [0, 0.1) is 0 Å². The van der Waals surface area contributed by atoms with Crippen LogP contribution >= 0.6 is 0 Å². The molecule has 14 heteroatoms. The van der Waals surface area contributed by atoms with Gasteiger partial charge in [0.15, 0.2) is 0 Å². The van der Waals surface area contributed by atoms with E-state index in [4.69, 9.17) is 5.73 Å². The first-order valence-corrected chi connectivity index (χ1v) is 12.1. The molecule has 0 aliphatic carbocycles. The zero-order valence-corrected chi connectivity index (χ0v) is 19.4. The molecule has 4 rings (SSSR count). The van der Waals surface area contributed by atoms with Crippen LogP contribution in [0.25, 0.3) is 11.1 Å². The summed E-state index contributed by atoms with van der Waals surface area (Å²) in [6.07, 6.45) is -2.86. The van der Waals surface area contributed by atoms with Crippen LogP contribution in [-0.4, -0.2) is 63.9 Å². The highest BCUT2D eigenvalue weighted by atomic mass is 32.2. The smallest absolute Gasteiger partial charge is 0.390 e. The third-order valence-corrected chi connectivity index (χ3v) is 7.56. The molecule has 2 aromatic heterocycles. The Hall–Kier alpha value is -3.62. The molecule has 0 spiro atoms. The zero-order chi connectivity index (χ0) is 26.1. The van der Waals surface area contributed by atoms with Crippen molar-refractivity contribution in [3.05, 3.63) is 66.2 Å². The fraction of sp³-hybridized carbons (Fsp3) is 0.273. The number of benzene rings is 1. The van der Waals surface area contributed by atoms with Crippen molar-refractivity contribution < 1.29 is 31.5 Å². The number of sulfonamides is 1. The number of nitrogens with zero attached hydrogens (tertiary/aromatic N) is 4. The van der Waals surface area contributed by atoms with E-state index in [9.17, 15) is 31.5 Å². The van der Waals surface area contributed by atoms with Crippen molar-refractivity contribution in [1.29, 1.82) is 0 Å². The summed E-state index contributed by atoms with van der Waals surface area (Å²) in [5, 5.41) is 13.3. The standard InChI is InChI=1S/C22H21F3N6O4S/c23-22(24,25)15-10-28-21(29-11-15)30-17-6-8-31(12-19(17)32)36(34,35)16-3-1-13(2-4-16)14-5-7-27-18(9-14)20(26)33/h1-5,7,9-11,17,19,32H,6,8,12H2,(H2,26,33)(H,28,29,30)/t17-,19+/m1/s1. The van der Waals surface area contributed by atoms with Gasteiger partial charge in [0.1, 0.15) is 5.69 Å². The van der Waals surface area contributed by atoms with Crippen molar-refractivity contribution in [3.8, 4) is 11.1 Å². The maximum Gasteiger partial charge on any atom is 0.419 e. The van der Waals surface area contributed by atoms with E-state index in [1.165, 1.54) is 24.4 Å². The summed E-state index contributed by atoms with van der Waals surface area (Å²) in [5.41, 5.74) is 5.61. The molecular weight excluding hydrogens is 501 g/mol. The lowest BCUT2D eigenvalue weighted by atomic mass is 10.0. The minimum absolute atomic E-state index is 0.0140. The summed E-state index contributed by atoms with van der Waals surface area (Å²) in [7, 11) is -3.93. The number of primary amides is 1. The molecule has 0 unspecified atom stereocenters. The molecule has 1 aliphatic rings. The summed E-state index contributed by atoms with van der Waals surface area (Å²) in [5.74, 6) is -0.785. The number of halogens is 3. The topological polar surface area (TPSA) is 151 Å². The number of carbonyl (C=O) groups is 1. The molecular formula is C22H21F3N6O4S. The molecule has 3 aromatic rings. The molecule has 1 fully saturated rings. The number of hydrogen-bond acceptors (Lipinski definition) is 8. The van der Waals surface area contributed by atoms with Crippen LogP contribution in [0.3, 0.4) is 0 Å². The van der Waals surface area contributed by atoms with Crippen LogP contribution in [-0.2, 0) is 16.2 Å². The number of β-amino-alcohol motifs (C(OH)–C–C–N with tert-alkyl or cyclic N) is 1. The highest BCUT2D eigenvalue weighted by Gasteiger charge is 2.35. The number of carbonyl (C=O) groups excluding carboxylic acids is 1. The number of nitrogens with two attached hydrogens (primary N) is 1. The minimum atomic E-state index is -4.57. The van der Waals surface area contributed by atoms with Crippen LogP contribution in [0.4, 0.5) is 19.1 Å². The van der Waals surface area contributed by atoms with E-state index in [0.717, 1.165) is 4.31 Å². The van der Waals surface area contributed by atoms with Gasteiger partial charge in [-0.05, 0) is 41.8 Å². The molecule has 3 heterocycles. The molecule has 1 amide bonds. The molecule has 1 saturated heterocycles. The Kier molecular flexibility index (Phi) is 6.93. The van der Waals surface area contributed by atoms with Crippen molar-refractivity contribution >= 4 is 21.9 Å². The van der Waals surface area contributed by atoms with Crippen molar-refractivity contribution in [1.82, 2.24) is 19.3 Å². The number of aromatic nitrogens is 3. The van der Waals surface area contributed by atoms with E-state index < -0.39 is 39.8 Å². The highest BCUT2D eigenvalue weighted by molar-refractivity contribution is 7.89. The van der Waals surface area contributed by atoms with Crippen LogP contribution in [0.1, 0.15) is 22.5 Å². The van der Waals surface area contributed by atoms with Gasteiger partial charge < -0.3 is 16.2 Å². The highest BCUT2D eigenvalue weighted by Crippen LogP contribution is 2.29. The van der Waals surface area contributed by atoms with Gasteiger partial charge in [0.25, 0.3) is 5.91 Å². The lowest BCUT2D eigenvalue weighted by Gasteiger charge is -2.35. The number of anilines is 1. The fourth-order valence-electron chi connectivity index (χ4n) is 3.72. The molecule has 4 N–H and O–H groups in total. The number of aliphatic hydroxyl groups excluding tert-OH is 1. The number of aliphatic hydroxyl groups is 1. The van der Waals surface area contributed by atoms with E-state index in [2.05, 4.69) is 20.3 Å². The van der Waals surface area contributed by atoms with Gasteiger partial charge in [-0.2, -0.15) is 17.5 Å². The van der Waals surface area contributed by atoms with Gasteiger partial charge >= 0.3 is 6.18 Å². The van der Waals surface area contributed by atoms with Gasteiger partial charge in [-0.15, -0.1) is 0 Å². The first-order valence-electron chi connectivity index (χ1n) is 10.7. The second-order valence-corrected chi connectivity index (χ2v) is 10.0. The molecule has 190 valence electrons. The SMILES string of the molecule is NC(=O)c1cc(-c2ccc(S(=O)(=O)N3CC[C@@H](Nc4ncc(C(F)(F)F)cn4)[C@@H](O)C3)cc2)ccn1. The zero-order valence-electron chi connectivity index (χ0n) is 18.6. The first kappa shape index (κ1) is 25.5. The Morgan fingerprint density at radius 3 is 2.33 bits per heavy atom. The predicted molar refractivity (Wildman–Crippen MR) is 122 cm³/mol. The third kappa shape index (κ3) is 5.45. The molecule has 0 bridgehead atoms. The van der Waals surface area contributed by atoms with E-state index in [1.807, 2.05) is 0 Å². The normalized spacial score (nSPS) is 19.1. The minimum Gasteiger partial charge on any atom is -0.390 e. The molecule has 36 heavy (non-hydrogen) atoms. The summed E-state index contributed by atoms with van der Waals surface area (Å²) in [4.78, 5) is 22.5. The third-order valence-electron chi connectivity index (χ3n) is 5.68. The van der Waals surface area contributed by atoms with Crippen LogP contribution in [0.15, 0.2) is 59.9 Å². The lowest BCUT2D eigenvalue weighted by Crippen LogP contribution is -2.51. The number of nitrogens with one attached hydrogen (secondary N) is 1. The van der Waals surface area contributed by atoms with E-state index in [-0.39, 0.29) is 36.0 Å². The number of hydrogen-bond donors (Lipinski definition) is 3. The van der Waals surface area contributed by atoms with Gasteiger partial charge in [0.05, 0.1) is 22.6 Å². The lowest BCUT2D eigenvalue weighted by molar-refractivity contribution is -0.138. The number of pyridine rings is 1. The van der Waals surface area contributed by atoms with Gasteiger partial charge in [0.2, 0.25) is 16.0 Å². The van der Waals surface area contributed by atoms with Crippen molar-refractivity contribution in [2.24, 2.45) is 5.73 Å². The molecule has 10 nitrogen and oxygen atoms in total. The molecule has 0 saturated carbocycles. The maximum atomic E-state index is 13.1. The van der Waals surface area contributed by atoms with Gasteiger partial charge in [0, 0.05) is 31.7 Å². The summed E-state index contributed by atoms with van der Waals surface area (Å²) in [6.45, 7) is -0.166. The molecule has 0 radical (unpaired) electrons. The van der Waals surface area contributed by atoms with Crippen molar-refractivity contribution in [2.75, 3.05) is 18.4 Å². The largest absolute Gasteiger partial charge is 0.419 e. The number of amides is 1. The van der Waals surface area contributed by atoms with Crippen LogP contribution in [0.2, 0.25) is 0 Å². The second kappa shape index (κ2) is 9.79. The van der Waals surface area contributed by atoms with Crippen LogP contribution in [0.5, 0.6) is 0 Å². The van der Waals surface area contributed by atoms with E-state index in [1.54, 1.807) is 18.2 Å². The predicted octanol–water partition coefficient (Wildman–Crippen LogP) is 1.89. The quantitative estimate of drug-likeness (QED) is 0.444. The van der Waals surface area contributed by atoms with Gasteiger partial charge in [-0.1, -0.05) is 12.1 Å². The van der Waals surface area contributed by atoms with Gasteiger partial charge in [-0.3, -0.25) is 9.78 Å². The summed E-state index contributed by atoms with van der Waals surface area (Å²) < 4.78 is 65.4. The monoisotopic (exact) mass is 522 g/mol. The van der Waals surface area contributed by atoms with Crippen LogP contribution < -0.4 is 11.1 Å². The Labute approximate surface area is 204 Å². The maximum absolute atomic E-state index is 13.1. The Morgan fingerprint density at radius 1 is 1.08 bits per heavy atom. The van der Waals surface area contributed by atoms with E-state index in [0.29, 0.717) is 23.5 Å². The summed E-state index contributed by atoms with van der Waals surface area (Å²) >= 11 is 0. The fourth-order valence-corrected chi connectivity index (χ4v) is 5.19. The molecule has 1 aromatic carbocycles. The van der Waals surface area contributed by atoms with E-state index >= 15 is 0 Å². The Bertz CT molecular complexity index is 1350. The Balaban J connectivity index is 1.42. The molecule has 2 atom stereocenters. The van der Waals surface area contributed by atoms with Crippen molar-refractivity contribution in [2.45, 2.75) is 29.6 Å².